The first kappa shape index (κ1) is 17.5. The van der Waals surface area contributed by atoms with Crippen LogP contribution in [0.2, 0.25) is 0 Å². The molecule has 0 radical (unpaired) electrons. The van der Waals surface area contributed by atoms with E-state index in [0.29, 0.717) is 12.2 Å². The molecule has 6 heteroatoms. The van der Waals surface area contributed by atoms with Gasteiger partial charge in [-0.3, -0.25) is 9.78 Å². The van der Waals surface area contributed by atoms with Crippen molar-refractivity contribution in [3.05, 3.63) is 84.1 Å². The summed E-state index contributed by atoms with van der Waals surface area (Å²) in [5, 5.41) is 2.83. The van der Waals surface area contributed by atoms with Crippen LogP contribution in [0.1, 0.15) is 28.5 Å². The Morgan fingerprint density at radius 2 is 1.77 bits per heavy atom. The van der Waals surface area contributed by atoms with Gasteiger partial charge in [0.1, 0.15) is 11.5 Å². The van der Waals surface area contributed by atoms with Crippen LogP contribution in [-0.4, -0.2) is 27.4 Å². The summed E-state index contributed by atoms with van der Waals surface area (Å²) in [6.07, 6.45) is 6.56. The zero-order chi connectivity index (χ0) is 18.2. The predicted molar refractivity (Wildman–Crippen MR) is 101 cm³/mol. The highest BCUT2D eigenvalue weighted by Gasteiger charge is 2.11. The molecule has 0 atom stereocenters. The van der Waals surface area contributed by atoms with E-state index in [1.54, 1.807) is 18.6 Å². The number of rotatable bonds is 7. The third-order valence-electron chi connectivity index (χ3n) is 4.00. The Hall–Kier alpha value is -3.28. The summed E-state index contributed by atoms with van der Waals surface area (Å²) in [5.41, 5.74) is 2.49. The number of hydrogen-bond acceptors (Lipinski definition) is 5. The van der Waals surface area contributed by atoms with Gasteiger partial charge in [-0.1, -0.05) is 30.3 Å². The fourth-order valence-corrected chi connectivity index (χ4v) is 2.53. The smallest absolute Gasteiger partial charge is 0.271 e. The summed E-state index contributed by atoms with van der Waals surface area (Å²) in [7, 11) is 0. The summed E-state index contributed by atoms with van der Waals surface area (Å²) in [4.78, 5) is 27.0. The van der Waals surface area contributed by atoms with Gasteiger partial charge in [0.25, 0.3) is 5.91 Å². The van der Waals surface area contributed by atoms with Crippen LogP contribution in [0.5, 0.6) is 0 Å². The van der Waals surface area contributed by atoms with E-state index in [-0.39, 0.29) is 5.91 Å². The van der Waals surface area contributed by atoms with Gasteiger partial charge in [-0.15, -0.1) is 0 Å². The maximum Gasteiger partial charge on any atom is 0.271 e. The quantitative estimate of drug-likeness (QED) is 0.712. The zero-order valence-corrected chi connectivity index (χ0v) is 14.7. The Balaban J connectivity index is 1.62. The van der Waals surface area contributed by atoms with E-state index in [2.05, 4.69) is 44.2 Å². The second kappa shape index (κ2) is 8.71. The number of aromatic nitrogens is 3. The number of amides is 1. The summed E-state index contributed by atoms with van der Waals surface area (Å²) in [5.74, 6) is 0.508. The molecular weight excluding hydrogens is 326 g/mol. The lowest BCUT2D eigenvalue weighted by atomic mass is 10.2. The molecule has 0 unspecified atom stereocenters. The van der Waals surface area contributed by atoms with Crippen LogP contribution in [0.25, 0.3) is 0 Å². The molecule has 0 spiro atoms. The van der Waals surface area contributed by atoms with Crippen molar-refractivity contribution in [2.24, 2.45) is 0 Å². The lowest BCUT2D eigenvalue weighted by Gasteiger charge is -2.21. The number of carbonyl (C=O) groups is 1. The van der Waals surface area contributed by atoms with Crippen molar-refractivity contribution in [2.45, 2.75) is 20.0 Å². The fourth-order valence-electron chi connectivity index (χ4n) is 2.53. The monoisotopic (exact) mass is 347 g/mol. The van der Waals surface area contributed by atoms with Gasteiger partial charge in [0.05, 0.1) is 12.4 Å². The molecule has 1 N–H and O–H groups in total. The van der Waals surface area contributed by atoms with Crippen LogP contribution in [0.3, 0.4) is 0 Å². The van der Waals surface area contributed by atoms with Gasteiger partial charge in [-0.2, -0.15) is 0 Å². The van der Waals surface area contributed by atoms with Gasteiger partial charge < -0.3 is 10.2 Å². The van der Waals surface area contributed by atoms with E-state index >= 15 is 0 Å². The minimum absolute atomic E-state index is 0.244. The van der Waals surface area contributed by atoms with Crippen molar-refractivity contribution in [3.63, 3.8) is 0 Å². The van der Waals surface area contributed by atoms with Gasteiger partial charge in [-0.25, -0.2) is 9.97 Å². The van der Waals surface area contributed by atoms with E-state index in [4.69, 9.17) is 0 Å². The van der Waals surface area contributed by atoms with Gasteiger partial charge in [0.15, 0.2) is 0 Å². The zero-order valence-electron chi connectivity index (χ0n) is 14.7. The van der Waals surface area contributed by atoms with Gasteiger partial charge in [-0.05, 0) is 30.2 Å². The molecule has 0 saturated heterocycles. The van der Waals surface area contributed by atoms with Gasteiger partial charge >= 0.3 is 0 Å². The van der Waals surface area contributed by atoms with Crippen molar-refractivity contribution >= 4 is 11.7 Å². The fraction of sp³-hybridized carbons (Fsp3) is 0.200. The average molecular weight is 347 g/mol. The molecule has 0 aliphatic rings. The summed E-state index contributed by atoms with van der Waals surface area (Å²) >= 11 is 0. The largest absolute Gasteiger partial charge is 0.351 e. The molecule has 1 amide bonds. The summed E-state index contributed by atoms with van der Waals surface area (Å²) < 4.78 is 0. The molecule has 132 valence electrons. The van der Waals surface area contributed by atoms with E-state index < -0.39 is 0 Å². The molecule has 6 nitrogen and oxygen atoms in total. The summed E-state index contributed by atoms with van der Waals surface area (Å²) in [6, 6.07) is 13.9. The van der Waals surface area contributed by atoms with Gasteiger partial charge in [0.2, 0.25) is 0 Å². The maximum absolute atomic E-state index is 12.2. The molecule has 1 aromatic carbocycles. The van der Waals surface area contributed by atoms with Crippen LogP contribution >= 0.6 is 0 Å². The van der Waals surface area contributed by atoms with E-state index in [0.717, 1.165) is 24.5 Å². The molecule has 0 aliphatic heterocycles. The Morgan fingerprint density at radius 1 is 1.00 bits per heavy atom. The standard InChI is InChI=1S/C20H21N5O/c1-2-25(15-17-6-4-3-5-7-17)19-14-22-18(13-23-19)20(26)24-12-16-8-10-21-11-9-16/h3-11,13-14H,2,12,15H2,1H3,(H,24,26). The van der Waals surface area contributed by atoms with Crippen molar-refractivity contribution < 1.29 is 4.79 Å². The molecule has 2 aromatic heterocycles. The minimum atomic E-state index is -0.244. The molecular formula is C20H21N5O. The van der Waals surface area contributed by atoms with E-state index in [9.17, 15) is 4.79 Å². The number of anilines is 1. The molecule has 0 fully saturated rings. The van der Waals surface area contributed by atoms with Crippen LogP contribution < -0.4 is 10.2 Å². The third kappa shape index (κ3) is 4.63. The van der Waals surface area contributed by atoms with Crippen LogP contribution in [0, 0.1) is 0 Å². The second-order valence-corrected chi connectivity index (χ2v) is 5.80. The Bertz CT molecular complexity index is 822. The lowest BCUT2D eigenvalue weighted by Crippen LogP contribution is -2.26. The topological polar surface area (TPSA) is 71.0 Å². The molecule has 26 heavy (non-hydrogen) atoms. The average Bonchev–Trinajstić information content (AvgIpc) is 2.72. The highest BCUT2D eigenvalue weighted by atomic mass is 16.1. The molecule has 3 rings (SSSR count). The highest BCUT2D eigenvalue weighted by Crippen LogP contribution is 2.13. The third-order valence-corrected chi connectivity index (χ3v) is 4.00. The van der Waals surface area contributed by atoms with Crippen molar-refractivity contribution in [1.29, 1.82) is 0 Å². The first-order valence-electron chi connectivity index (χ1n) is 8.54. The molecule has 0 bridgehead atoms. The number of pyridine rings is 1. The Labute approximate surface area is 153 Å². The SMILES string of the molecule is CCN(Cc1ccccc1)c1cnc(C(=O)NCc2ccncc2)cn1. The highest BCUT2D eigenvalue weighted by molar-refractivity contribution is 5.91. The number of nitrogens with one attached hydrogen (secondary N) is 1. The lowest BCUT2D eigenvalue weighted by molar-refractivity contribution is 0.0945. The number of nitrogens with zero attached hydrogens (tertiary/aromatic N) is 4. The van der Waals surface area contributed by atoms with Crippen LogP contribution in [0.4, 0.5) is 5.82 Å². The normalized spacial score (nSPS) is 10.3. The Morgan fingerprint density at radius 3 is 2.42 bits per heavy atom. The van der Waals surface area contributed by atoms with Crippen LogP contribution in [-0.2, 0) is 13.1 Å². The maximum atomic E-state index is 12.2. The molecule has 0 aliphatic carbocycles. The van der Waals surface area contributed by atoms with E-state index in [1.165, 1.54) is 11.8 Å². The summed E-state index contributed by atoms with van der Waals surface area (Å²) in [6.45, 7) is 4.05. The second-order valence-electron chi connectivity index (χ2n) is 5.80. The van der Waals surface area contributed by atoms with Gasteiger partial charge in [0, 0.05) is 32.0 Å². The van der Waals surface area contributed by atoms with Crippen LogP contribution in [0.15, 0.2) is 67.3 Å². The molecule has 2 heterocycles. The first-order valence-corrected chi connectivity index (χ1v) is 8.54. The number of carbonyl (C=O) groups excluding carboxylic acids is 1. The molecule has 3 aromatic rings. The molecule has 0 saturated carbocycles. The Kier molecular flexibility index (Phi) is 5.88. The first-order chi connectivity index (χ1) is 12.8. The number of hydrogen-bond donors (Lipinski definition) is 1. The van der Waals surface area contributed by atoms with Crippen molar-refractivity contribution in [1.82, 2.24) is 20.3 Å². The van der Waals surface area contributed by atoms with Crippen molar-refractivity contribution in [2.75, 3.05) is 11.4 Å². The van der Waals surface area contributed by atoms with E-state index in [1.807, 2.05) is 30.3 Å². The number of benzene rings is 1. The van der Waals surface area contributed by atoms with Crippen molar-refractivity contribution in [3.8, 4) is 0 Å². The predicted octanol–water partition coefficient (Wildman–Crippen LogP) is 2.83. The minimum Gasteiger partial charge on any atom is -0.351 e.